The molecule has 5 rings (SSSR count). The maximum absolute atomic E-state index is 2.78. The van der Waals surface area contributed by atoms with Gasteiger partial charge >= 0.3 is 0 Å². The first-order chi connectivity index (χ1) is 12.5. The van der Waals surface area contributed by atoms with E-state index in [4.69, 9.17) is 0 Å². The van der Waals surface area contributed by atoms with Crippen molar-refractivity contribution in [2.75, 3.05) is 14.1 Å². The molecule has 0 N–H and O–H groups in total. The molecule has 0 radical (unpaired) electrons. The van der Waals surface area contributed by atoms with Crippen LogP contribution in [0.2, 0.25) is 0 Å². The first kappa shape index (κ1) is 18.7. The monoisotopic (exact) mass is 369 g/mol. The van der Waals surface area contributed by atoms with Crippen LogP contribution in [-0.4, -0.2) is 25.0 Å². The van der Waals surface area contributed by atoms with Gasteiger partial charge in [-0.25, -0.2) is 0 Å². The lowest BCUT2D eigenvalue weighted by atomic mass is 9.44. The molecule has 0 aliphatic heterocycles. The topological polar surface area (TPSA) is 3.24 Å². The van der Waals surface area contributed by atoms with Gasteiger partial charge in [0.1, 0.15) is 0 Å². The smallest absolute Gasteiger partial charge is 0.00945 e. The Kier molecular flexibility index (Phi) is 3.63. The van der Waals surface area contributed by atoms with Crippen LogP contribution in [0.25, 0.3) is 0 Å². The van der Waals surface area contributed by atoms with Crippen LogP contribution >= 0.6 is 0 Å². The zero-order chi connectivity index (χ0) is 19.5. The molecule has 0 aromatic heterocycles. The summed E-state index contributed by atoms with van der Waals surface area (Å²) in [5.41, 5.74) is 2.87. The standard InChI is InChI=1S/C26H43N/c1-18(27(6)7)19-11-14-24(5)21-10-9-20-22(2,3)12-8-13-25(20)17-26(21,25)16-15-23(19,24)4/h9-10,18-21H,8,11-17H2,1-7H3/t18-,19+,20+,21-,23+,24-,25-,26+/m0/s1. The van der Waals surface area contributed by atoms with Crippen LogP contribution in [-0.2, 0) is 0 Å². The van der Waals surface area contributed by atoms with Crippen LogP contribution in [0.3, 0.4) is 0 Å². The van der Waals surface area contributed by atoms with Crippen LogP contribution in [0, 0.1) is 44.8 Å². The van der Waals surface area contributed by atoms with E-state index >= 15 is 0 Å². The molecule has 2 spiro atoms. The Morgan fingerprint density at radius 1 is 0.815 bits per heavy atom. The van der Waals surface area contributed by atoms with Crippen molar-refractivity contribution in [1.82, 2.24) is 4.90 Å². The molecule has 0 saturated heterocycles. The van der Waals surface area contributed by atoms with Crippen LogP contribution in [0.4, 0.5) is 0 Å². The van der Waals surface area contributed by atoms with Gasteiger partial charge in [-0.3, -0.25) is 0 Å². The Balaban J connectivity index is 1.55. The average molecular weight is 370 g/mol. The fourth-order valence-electron chi connectivity index (χ4n) is 9.86. The van der Waals surface area contributed by atoms with Crippen molar-refractivity contribution in [2.24, 2.45) is 44.8 Å². The minimum absolute atomic E-state index is 0.507. The van der Waals surface area contributed by atoms with Crippen molar-refractivity contribution in [3.05, 3.63) is 12.2 Å². The van der Waals surface area contributed by atoms with E-state index in [1.165, 1.54) is 44.9 Å². The van der Waals surface area contributed by atoms with E-state index in [0.29, 0.717) is 33.1 Å². The Morgan fingerprint density at radius 3 is 2.19 bits per heavy atom. The van der Waals surface area contributed by atoms with E-state index in [1.807, 2.05) is 0 Å². The van der Waals surface area contributed by atoms with Gasteiger partial charge < -0.3 is 4.90 Å². The molecule has 1 nitrogen and oxygen atoms in total. The second-order valence-corrected chi connectivity index (χ2v) is 12.9. The van der Waals surface area contributed by atoms with Gasteiger partial charge in [0.2, 0.25) is 0 Å². The molecule has 4 saturated carbocycles. The lowest BCUT2D eigenvalue weighted by molar-refractivity contribution is -0.0993. The molecular formula is C26H43N. The van der Waals surface area contributed by atoms with Gasteiger partial charge in [-0.1, -0.05) is 46.3 Å². The summed E-state index contributed by atoms with van der Waals surface area (Å²) in [5, 5.41) is 0. The van der Waals surface area contributed by atoms with Crippen molar-refractivity contribution in [3.8, 4) is 0 Å². The molecule has 1 heteroatoms. The maximum atomic E-state index is 2.78. The average Bonchev–Trinajstić information content (AvgIpc) is 3.16. The summed E-state index contributed by atoms with van der Waals surface area (Å²) < 4.78 is 0. The molecule has 8 atom stereocenters. The molecule has 0 heterocycles. The number of fused-ring (bicyclic) bond motifs is 2. The Labute approximate surface area is 168 Å². The third-order valence-corrected chi connectivity index (χ3v) is 11.7. The highest BCUT2D eigenvalue weighted by molar-refractivity contribution is 5.36. The van der Waals surface area contributed by atoms with E-state index in [9.17, 15) is 0 Å². The molecular weight excluding hydrogens is 326 g/mol. The molecule has 5 aliphatic rings. The molecule has 0 unspecified atom stereocenters. The van der Waals surface area contributed by atoms with Crippen molar-refractivity contribution in [3.63, 3.8) is 0 Å². The van der Waals surface area contributed by atoms with Crippen molar-refractivity contribution < 1.29 is 0 Å². The second-order valence-electron chi connectivity index (χ2n) is 12.9. The van der Waals surface area contributed by atoms with Crippen LogP contribution in [0.5, 0.6) is 0 Å². The summed E-state index contributed by atoms with van der Waals surface area (Å²) in [5.74, 6) is 2.55. The molecule has 0 aromatic rings. The SMILES string of the molecule is C[C@@H]([C@H]1CC[C@@]2(C)[C@@H]3C=C[C@@H]4C(C)(C)CCC[C@]45C[C@]35CC[C@]12C)N(C)C. The molecule has 0 amide bonds. The van der Waals surface area contributed by atoms with E-state index in [-0.39, 0.29) is 0 Å². The van der Waals surface area contributed by atoms with Gasteiger partial charge in [-0.05, 0) is 111 Å². The first-order valence-electron chi connectivity index (χ1n) is 11.9. The third kappa shape index (κ3) is 1.97. The van der Waals surface area contributed by atoms with Gasteiger partial charge in [-0.15, -0.1) is 0 Å². The van der Waals surface area contributed by atoms with Crippen molar-refractivity contribution >= 4 is 0 Å². The Hall–Kier alpha value is -0.300. The van der Waals surface area contributed by atoms with Gasteiger partial charge in [0.05, 0.1) is 0 Å². The van der Waals surface area contributed by atoms with Crippen molar-refractivity contribution in [2.45, 2.75) is 92.0 Å². The molecule has 152 valence electrons. The van der Waals surface area contributed by atoms with Gasteiger partial charge in [0.25, 0.3) is 0 Å². The van der Waals surface area contributed by atoms with Crippen LogP contribution in [0.1, 0.15) is 86.0 Å². The highest BCUT2D eigenvalue weighted by Crippen LogP contribution is 2.87. The largest absolute Gasteiger partial charge is 0.306 e. The molecule has 4 fully saturated rings. The molecule has 27 heavy (non-hydrogen) atoms. The summed E-state index contributed by atoms with van der Waals surface area (Å²) in [4.78, 5) is 2.49. The maximum Gasteiger partial charge on any atom is 0.00945 e. The van der Waals surface area contributed by atoms with E-state index < -0.39 is 0 Å². The summed E-state index contributed by atoms with van der Waals surface area (Å²) >= 11 is 0. The predicted molar refractivity (Wildman–Crippen MR) is 115 cm³/mol. The normalized spacial score (nSPS) is 56.1. The number of allylic oxidation sites excluding steroid dienone is 2. The number of hydrogen-bond donors (Lipinski definition) is 0. The molecule has 5 aliphatic carbocycles. The zero-order valence-electron chi connectivity index (χ0n) is 19.1. The number of rotatable bonds is 2. The summed E-state index contributed by atoms with van der Waals surface area (Å²) in [6.07, 6.45) is 17.4. The zero-order valence-corrected chi connectivity index (χ0v) is 19.1. The third-order valence-electron chi connectivity index (χ3n) is 11.7. The Bertz CT molecular complexity index is 676. The van der Waals surface area contributed by atoms with Crippen molar-refractivity contribution in [1.29, 1.82) is 0 Å². The highest BCUT2D eigenvalue weighted by Gasteiger charge is 2.80. The molecule has 0 bridgehead atoms. The summed E-state index contributed by atoms with van der Waals surface area (Å²) in [6, 6.07) is 0.702. The second kappa shape index (κ2) is 5.24. The summed E-state index contributed by atoms with van der Waals surface area (Å²) in [6.45, 7) is 13.0. The van der Waals surface area contributed by atoms with Crippen LogP contribution < -0.4 is 0 Å². The quantitative estimate of drug-likeness (QED) is 0.499. The van der Waals surface area contributed by atoms with E-state index in [1.54, 1.807) is 6.42 Å². The summed E-state index contributed by atoms with van der Waals surface area (Å²) in [7, 11) is 4.58. The minimum atomic E-state index is 0.507. The Morgan fingerprint density at radius 2 is 1.48 bits per heavy atom. The number of nitrogens with zero attached hydrogens (tertiary/aromatic N) is 1. The predicted octanol–water partition coefficient (Wildman–Crippen LogP) is 6.54. The van der Waals surface area contributed by atoms with Gasteiger partial charge in [0.15, 0.2) is 0 Å². The minimum Gasteiger partial charge on any atom is -0.306 e. The van der Waals surface area contributed by atoms with Crippen LogP contribution in [0.15, 0.2) is 12.2 Å². The fourth-order valence-corrected chi connectivity index (χ4v) is 9.86. The highest BCUT2D eigenvalue weighted by atomic mass is 15.1. The fraction of sp³-hybridized carbons (Fsp3) is 0.923. The van der Waals surface area contributed by atoms with E-state index in [0.717, 1.165) is 17.8 Å². The van der Waals surface area contributed by atoms with Gasteiger partial charge in [0, 0.05) is 6.04 Å². The number of hydrogen-bond acceptors (Lipinski definition) is 1. The first-order valence-corrected chi connectivity index (χ1v) is 11.9. The van der Waals surface area contributed by atoms with E-state index in [2.05, 4.69) is 65.8 Å². The van der Waals surface area contributed by atoms with Gasteiger partial charge in [-0.2, -0.15) is 0 Å². The lowest BCUT2D eigenvalue weighted by Crippen LogP contribution is -2.55. The lowest BCUT2D eigenvalue weighted by Gasteiger charge is -2.61. The molecule has 0 aromatic carbocycles.